The number of amides is 5. The Morgan fingerprint density at radius 1 is 1.32 bits per heavy atom. The molecule has 1 aromatic rings. The van der Waals surface area contributed by atoms with Gasteiger partial charge in [0.15, 0.2) is 0 Å². The van der Waals surface area contributed by atoms with Crippen molar-refractivity contribution in [3.63, 3.8) is 0 Å². The molecule has 8 heteroatoms. The van der Waals surface area contributed by atoms with E-state index in [4.69, 9.17) is 0 Å². The molecule has 0 radical (unpaired) electrons. The van der Waals surface area contributed by atoms with Crippen LogP contribution < -0.4 is 16.0 Å². The first-order chi connectivity index (χ1) is 11.8. The molecule has 3 N–H and O–H groups in total. The fraction of sp³-hybridized carbons (Fsp3) is 0.412. The predicted octanol–water partition coefficient (Wildman–Crippen LogP) is 0.705. The molecule has 1 atom stereocenters. The minimum Gasteiger partial charge on any atom is -0.355 e. The molecule has 1 aliphatic heterocycles. The Labute approximate surface area is 144 Å². The summed E-state index contributed by atoms with van der Waals surface area (Å²) < 4.78 is 0. The fourth-order valence-electron chi connectivity index (χ4n) is 3.02. The molecule has 1 aliphatic carbocycles. The largest absolute Gasteiger partial charge is 0.355 e. The van der Waals surface area contributed by atoms with E-state index in [1.165, 1.54) is 13.1 Å². The molecule has 1 saturated heterocycles. The molecule has 1 aromatic carbocycles. The van der Waals surface area contributed by atoms with Crippen LogP contribution in [0.4, 0.5) is 10.5 Å². The number of hydrogen-bond acceptors (Lipinski definition) is 4. The van der Waals surface area contributed by atoms with Gasteiger partial charge in [0.25, 0.3) is 11.8 Å². The van der Waals surface area contributed by atoms with Crippen molar-refractivity contribution in [2.45, 2.75) is 25.3 Å². The van der Waals surface area contributed by atoms with Gasteiger partial charge in [-0.05, 0) is 43.9 Å². The maximum Gasteiger partial charge on any atom is 0.325 e. The molecule has 3 rings (SSSR count). The number of nitrogens with one attached hydrogen (secondary N) is 3. The van der Waals surface area contributed by atoms with Crippen LogP contribution in [0.3, 0.4) is 0 Å². The smallest absolute Gasteiger partial charge is 0.325 e. The summed E-state index contributed by atoms with van der Waals surface area (Å²) in [6.45, 7) is 1.34. The topological polar surface area (TPSA) is 108 Å². The molecule has 0 aromatic heterocycles. The van der Waals surface area contributed by atoms with Crippen molar-refractivity contribution in [1.82, 2.24) is 15.5 Å². The molecule has 2 fully saturated rings. The van der Waals surface area contributed by atoms with Gasteiger partial charge in [0.2, 0.25) is 5.91 Å². The Hall–Kier alpha value is -2.90. The van der Waals surface area contributed by atoms with Crippen molar-refractivity contribution in [2.75, 3.05) is 18.9 Å². The van der Waals surface area contributed by atoms with Gasteiger partial charge in [0, 0.05) is 18.3 Å². The van der Waals surface area contributed by atoms with Gasteiger partial charge in [0.05, 0.1) is 0 Å². The summed E-state index contributed by atoms with van der Waals surface area (Å²) in [6.07, 6.45) is 1.80. The van der Waals surface area contributed by atoms with Crippen molar-refractivity contribution in [2.24, 2.45) is 5.92 Å². The number of hydrogen-bond donors (Lipinski definition) is 3. The minimum absolute atomic E-state index is 0.140. The monoisotopic (exact) mass is 344 g/mol. The number of imide groups is 1. The van der Waals surface area contributed by atoms with E-state index in [1.807, 2.05) is 0 Å². The molecule has 1 saturated carbocycles. The zero-order valence-corrected chi connectivity index (χ0v) is 14.1. The second-order valence-corrected chi connectivity index (χ2v) is 6.51. The summed E-state index contributed by atoms with van der Waals surface area (Å²) in [5, 5.41) is 7.81. The number of carbonyl (C=O) groups is 4. The van der Waals surface area contributed by atoms with E-state index in [0.717, 1.165) is 17.7 Å². The molecule has 2 aliphatic rings. The van der Waals surface area contributed by atoms with Crippen molar-refractivity contribution >= 4 is 29.4 Å². The number of nitrogens with zero attached hydrogens (tertiary/aromatic N) is 1. The van der Waals surface area contributed by atoms with E-state index in [1.54, 1.807) is 25.1 Å². The average Bonchev–Trinajstić information content (AvgIpc) is 3.40. The van der Waals surface area contributed by atoms with Gasteiger partial charge in [-0.15, -0.1) is 0 Å². The van der Waals surface area contributed by atoms with Gasteiger partial charge < -0.3 is 16.0 Å². The van der Waals surface area contributed by atoms with Crippen LogP contribution in [0, 0.1) is 5.92 Å². The molecule has 132 valence electrons. The first-order valence-electron chi connectivity index (χ1n) is 8.11. The van der Waals surface area contributed by atoms with Crippen molar-refractivity contribution in [1.29, 1.82) is 0 Å². The van der Waals surface area contributed by atoms with E-state index in [-0.39, 0.29) is 24.3 Å². The van der Waals surface area contributed by atoms with E-state index >= 15 is 0 Å². The van der Waals surface area contributed by atoms with Gasteiger partial charge in [-0.2, -0.15) is 0 Å². The summed E-state index contributed by atoms with van der Waals surface area (Å²) in [5.74, 6) is -1.00. The van der Waals surface area contributed by atoms with Crippen LogP contribution in [-0.2, 0) is 9.59 Å². The molecule has 0 bridgehead atoms. The minimum atomic E-state index is -0.906. The lowest BCUT2D eigenvalue weighted by Gasteiger charge is -2.20. The highest BCUT2D eigenvalue weighted by molar-refractivity contribution is 6.10. The SMILES string of the molecule is CNC(=O)c1cccc(NC(=O)CN2C(=O)NC(C)(C3CC3)C2=O)c1. The number of rotatable bonds is 5. The highest BCUT2D eigenvalue weighted by Crippen LogP contribution is 2.42. The third-order valence-electron chi connectivity index (χ3n) is 4.63. The number of urea groups is 1. The lowest BCUT2D eigenvalue weighted by Crippen LogP contribution is -2.46. The lowest BCUT2D eigenvalue weighted by molar-refractivity contribution is -0.134. The van der Waals surface area contributed by atoms with Gasteiger partial charge in [-0.25, -0.2) is 4.79 Å². The van der Waals surface area contributed by atoms with Gasteiger partial charge >= 0.3 is 6.03 Å². The molecule has 8 nitrogen and oxygen atoms in total. The van der Waals surface area contributed by atoms with E-state index in [0.29, 0.717) is 11.3 Å². The average molecular weight is 344 g/mol. The summed E-state index contributed by atoms with van der Waals surface area (Å²) in [6, 6.07) is 5.86. The van der Waals surface area contributed by atoms with Gasteiger partial charge in [0.1, 0.15) is 12.1 Å². The maximum absolute atomic E-state index is 12.5. The predicted molar refractivity (Wildman–Crippen MR) is 89.8 cm³/mol. The Morgan fingerprint density at radius 3 is 2.68 bits per heavy atom. The van der Waals surface area contributed by atoms with Crippen LogP contribution in [0.1, 0.15) is 30.1 Å². The van der Waals surface area contributed by atoms with Crippen LogP contribution >= 0.6 is 0 Å². The Morgan fingerprint density at radius 2 is 2.04 bits per heavy atom. The van der Waals surface area contributed by atoms with Crippen LogP contribution in [-0.4, -0.2) is 47.8 Å². The second kappa shape index (κ2) is 6.19. The standard InChI is InChI=1S/C17H20N4O4/c1-17(11-6-7-11)15(24)21(16(25)20-17)9-13(22)19-12-5-3-4-10(8-12)14(23)18-2/h3-5,8,11H,6-7,9H2,1-2H3,(H,18,23)(H,19,22)(H,20,25). The third kappa shape index (κ3) is 3.19. The molecule has 0 spiro atoms. The Balaban J connectivity index is 1.66. The number of carbonyl (C=O) groups excluding carboxylic acids is 4. The van der Waals surface area contributed by atoms with Crippen LogP contribution in [0.5, 0.6) is 0 Å². The van der Waals surface area contributed by atoms with E-state index in [9.17, 15) is 19.2 Å². The fourth-order valence-corrected chi connectivity index (χ4v) is 3.02. The number of benzene rings is 1. The molecular formula is C17H20N4O4. The van der Waals surface area contributed by atoms with Gasteiger partial charge in [-0.1, -0.05) is 6.07 Å². The lowest BCUT2D eigenvalue weighted by atomic mass is 9.96. The maximum atomic E-state index is 12.5. The quantitative estimate of drug-likeness (QED) is 0.684. The summed E-state index contributed by atoms with van der Waals surface area (Å²) >= 11 is 0. The van der Waals surface area contributed by atoms with E-state index < -0.39 is 17.5 Å². The molecular weight excluding hydrogens is 324 g/mol. The van der Waals surface area contributed by atoms with Gasteiger partial charge in [-0.3, -0.25) is 19.3 Å². The normalized spacial score (nSPS) is 22.6. The highest BCUT2D eigenvalue weighted by atomic mass is 16.2. The zero-order chi connectivity index (χ0) is 18.2. The van der Waals surface area contributed by atoms with Crippen LogP contribution in [0.15, 0.2) is 24.3 Å². The summed E-state index contributed by atoms with van der Waals surface area (Å²) in [7, 11) is 1.52. The van der Waals surface area contributed by atoms with Crippen molar-refractivity contribution in [3.8, 4) is 0 Å². The second-order valence-electron chi connectivity index (χ2n) is 6.51. The van der Waals surface area contributed by atoms with Crippen molar-refractivity contribution in [3.05, 3.63) is 29.8 Å². The first-order valence-corrected chi connectivity index (χ1v) is 8.11. The Kier molecular flexibility index (Phi) is 4.20. The molecule has 1 heterocycles. The highest BCUT2D eigenvalue weighted by Gasteiger charge is 2.56. The van der Waals surface area contributed by atoms with Crippen LogP contribution in [0.25, 0.3) is 0 Å². The van der Waals surface area contributed by atoms with E-state index in [2.05, 4.69) is 16.0 Å². The molecule has 25 heavy (non-hydrogen) atoms. The van der Waals surface area contributed by atoms with Crippen LogP contribution in [0.2, 0.25) is 0 Å². The summed E-state index contributed by atoms with van der Waals surface area (Å²) in [4.78, 5) is 49.4. The molecule has 1 unspecified atom stereocenters. The zero-order valence-electron chi connectivity index (χ0n) is 14.1. The Bertz CT molecular complexity index is 759. The summed E-state index contributed by atoms with van der Waals surface area (Å²) in [5.41, 5.74) is -0.0871. The molecule has 5 amide bonds. The first kappa shape index (κ1) is 16.9. The van der Waals surface area contributed by atoms with Crippen molar-refractivity contribution < 1.29 is 19.2 Å². The number of anilines is 1. The third-order valence-corrected chi connectivity index (χ3v) is 4.63.